The van der Waals surface area contributed by atoms with Gasteiger partial charge >= 0.3 is 26.2 Å². The molecule has 20 heavy (non-hydrogen) atoms. The molecule has 0 amide bonds. The smallest absolute Gasteiger partial charge is 0.393 e. The van der Waals surface area contributed by atoms with Crippen LogP contribution in [0, 0.1) is 0 Å². The Morgan fingerprint density at radius 1 is 0.600 bits per heavy atom. The molecule has 0 spiro atoms. The van der Waals surface area contributed by atoms with Crippen LogP contribution < -0.4 is 0 Å². The lowest BCUT2D eigenvalue weighted by molar-refractivity contribution is 0.114. The SMILES string of the molecule is CO[Si](C)(OC)O[Si](C)(O[Si](C)(OC)OC)C(C)(C)C. The maximum Gasteiger partial charge on any atom is 0.488 e. The van der Waals surface area contributed by atoms with Crippen molar-refractivity contribution in [1.29, 1.82) is 0 Å². The second-order valence-corrected chi connectivity index (χ2v) is 16.0. The number of hydrogen-bond acceptors (Lipinski definition) is 6. The highest BCUT2D eigenvalue weighted by atomic mass is 28.5. The lowest BCUT2D eigenvalue weighted by Crippen LogP contribution is -2.62. The summed E-state index contributed by atoms with van der Waals surface area (Å²) in [6.07, 6.45) is 0. The minimum Gasteiger partial charge on any atom is -0.393 e. The lowest BCUT2D eigenvalue weighted by atomic mass is 10.3. The van der Waals surface area contributed by atoms with Crippen LogP contribution >= 0.6 is 0 Å². The standard InChI is InChI=1S/C11H30O6Si3/c1-11(2,3)18(8,16-19(9,12-4)13-5)17-20(10,14-6)15-7/h1-10H3. The van der Waals surface area contributed by atoms with Crippen molar-refractivity contribution < 1.29 is 25.9 Å². The van der Waals surface area contributed by atoms with Gasteiger partial charge in [0.25, 0.3) is 0 Å². The summed E-state index contributed by atoms with van der Waals surface area (Å²) in [6.45, 7) is 12.0. The molecule has 0 saturated heterocycles. The topological polar surface area (TPSA) is 55.4 Å². The summed E-state index contributed by atoms with van der Waals surface area (Å²) in [4.78, 5) is 0. The summed E-state index contributed by atoms with van der Waals surface area (Å²) in [5, 5.41) is -0.191. The van der Waals surface area contributed by atoms with Gasteiger partial charge in [0, 0.05) is 46.6 Å². The predicted molar refractivity (Wildman–Crippen MR) is 84.8 cm³/mol. The van der Waals surface area contributed by atoms with Gasteiger partial charge in [-0.25, -0.2) is 0 Å². The van der Waals surface area contributed by atoms with Gasteiger partial charge in [0.1, 0.15) is 0 Å². The van der Waals surface area contributed by atoms with E-state index in [9.17, 15) is 0 Å². The van der Waals surface area contributed by atoms with Crippen molar-refractivity contribution in [1.82, 2.24) is 0 Å². The first-order chi connectivity index (χ1) is 8.91. The van der Waals surface area contributed by atoms with E-state index in [1.807, 2.05) is 19.6 Å². The molecule has 0 heterocycles. The molecule has 0 rings (SSSR count). The first kappa shape index (κ1) is 20.4. The van der Waals surface area contributed by atoms with Gasteiger partial charge in [0.05, 0.1) is 0 Å². The fourth-order valence-electron chi connectivity index (χ4n) is 1.37. The highest BCUT2D eigenvalue weighted by Gasteiger charge is 2.56. The van der Waals surface area contributed by atoms with Crippen LogP contribution in [0.4, 0.5) is 0 Å². The molecule has 0 N–H and O–H groups in total. The van der Waals surface area contributed by atoms with E-state index >= 15 is 0 Å². The minimum absolute atomic E-state index is 0.191. The molecule has 0 aliphatic carbocycles. The van der Waals surface area contributed by atoms with Gasteiger partial charge in [-0.05, 0) is 6.55 Å². The average molecular weight is 343 g/mol. The largest absolute Gasteiger partial charge is 0.488 e. The van der Waals surface area contributed by atoms with Gasteiger partial charge in [-0.15, -0.1) is 0 Å². The predicted octanol–water partition coefficient (Wildman–Crippen LogP) is 2.61. The van der Waals surface area contributed by atoms with E-state index in [2.05, 4.69) is 20.8 Å². The summed E-state index contributed by atoms with van der Waals surface area (Å²) in [7, 11) is -1.75. The third-order valence-corrected chi connectivity index (χ3v) is 15.4. The summed E-state index contributed by atoms with van der Waals surface area (Å²) >= 11 is 0. The van der Waals surface area contributed by atoms with E-state index in [1.54, 1.807) is 28.4 Å². The molecule has 0 fully saturated rings. The van der Waals surface area contributed by atoms with E-state index in [0.717, 1.165) is 0 Å². The molecule has 0 aromatic carbocycles. The quantitative estimate of drug-likeness (QED) is 0.632. The van der Waals surface area contributed by atoms with Gasteiger partial charge in [-0.2, -0.15) is 0 Å². The number of hydrogen-bond donors (Lipinski definition) is 0. The van der Waals surface area contributed by atoms with Crippen LogP contribution in [0.3, 0.4) is 0 Å². The molecule has 0 aliphatic heterocycles. The fraction of sp³-hybridized carbons (Fsp3) is 1.00. The third-order valence-electron chi connectivity index (χ3n) is 3.61. The molecule has 6 nitrogen and oxygen atoms in total. The summed E-state index contributed by atoms with van der Waals surface area (Å²) < 4.78 is 34.3. The Kier molecular flexibility index (Phi) is 7.26. The van der Waals surface area contributed by atoms with Gasteiger partial charge in [-0.3, -0.25) is 0 Å². The molecule has 0 aromatic rings. The van der Waals surface area contributed by atoms with Crippen molar-refractivity contribution in [3.63, 3.8) is 0 Å². The Morgan fingerprint density at radius 2 is 0.850 bits per heavy atom. The van der Waals surface area contributed by atoms with Crippen molar-refractivity contribution in [2.75, 3.05) is 28.4 Å². The Labute approximate surface area is 126 Å². The van der Waals surface area contributed by atoms with E-state index < -0.39 is 26.2 Å². The van der Waals surface area contributed by atoms with Gasteiger partial charge in [0.15, 0.2) is 0 Å². The summed E-state index contributed by atoms with van der Waals surface area (Å²) in [5.74, 6) is 0. The van der Waals surface area contributed by atoms with Gasteiger partial charge in [-0.1, -0.05) is 20.8 Å². The second-order valence-electron chi connectivity index (χ2n) is 5.94. The zero-order valence-electron chi connectivity index (χ0n) is 14.4. The molecule has 9 heteroatoms. The Morgan fingerprint density at radius 3 is 1.00 bits per heavy atom. The average Bonchev–Trinajstić information content (AvgIpc) is 2.37. The van der Waals surface area contributed by atoms with Crippen LogP contribution in [0.15, 0.2) is 0 Å². The van der Waals surface area contributed by atoms with E-state index in [-0.39, 0.29) is 5.04 Å². The van der Waals surface area contributed by atoms with Crippen LogP contribution in [0.2, 0.25) is 24.7 Å². The van der Waals surface area contributed by atoms with Crippen LogP contribution in [-0.2, 0) is 25.9 Å². The summed E-state index contributed by atoms with van der Waals surface area (Å²) in [5.41, 5.74) is 0. The maximum atomic E-state index is 6.27. The van der Waals surface area contributed by atoms with Crippen molar-refractivity contribution in [2.24, 2.45) is 0 Å². The van der Waals surface area contributed by atoms with E-state index in [4.69, 9.17) is 25.9 Å². The Bertz CT molecular complexity index is 279. The van der Waals surface area contributed by atoms with Gasteiger partial charge in [0.2, 0.25) is 0 Å². The molecule has 0 atom stereocenters. The van der Waals surface area contributed by atoms with Gasteiger partial charge < -0.3 is 25.9 Å². The molecule has 122 valence electrons. The van der Waals surface area contributed by atoms with Crippen molar-refractivity contribution in [3.05, 3.63) is 0 Å². The first-order valence-corrected chi connectivity index (χ1v) is 13.3. The molecule has 0 bridgehead atoms. The van der Waals surface area contributed by atoms with Crippen molar-refractivity contribution in [2.45, 2.75) is 45.5 Å². The third kappa shape index (κ3) is 5.00. The summed E-state index contributed by atoms with van der Waals surface area (Å²) in [6, 6.07) is 0. The Balaban J connectivity index is 5.44. The highest BCUT2D eigenvalue weighted by molar-refractivity contribution is 6.84. The normalized spacial score (nSPS) is 14.7. The Hall–Kier alpha value is 0.411. The molecular formula is C11H30O6Si3. The maximum absolute atomic E-state index is 6.27. The molecule has 0 aliphatic rings. The molecule has 0 radical (unpaired) electrons. The molecule has 0 unspecified atom stereocenters. The van der Waals surface area contributed by atoms with E-state index in [1.165, 1.54) is 0 Å². The zero-order chi connectivity index (χ0) is 16.2. The van der Waals surface area contributed by atoms with Crippen LogP contribution in [0.1, 0.15) is 20.8 Å². The monoisotopic (exact) mass is 342 g/mol. The highest BCUT2D eigenvalue weighted by Crippen LogP contribution is 2.41. The van der Waals surface area contributed by atoms with Crippen molar-refractivity contribution in [3.8, 4) is 0 Å². The molecular weight excluding hydrogens is 312 g/mol. The minimum atomic E-state index is -2.72. The first-order valence-electron chi connectivity index (χ1n) is 6.52. The molecule has 0 aromatic heterocycles. The number of rotatable bonds is 8. The van der Waals surface area contributed by atoms with Crippen LogP contribution in [0.25, 0.3) is 0 Å². The lowest BCUT2D eigenvalue weighted by Gasteiger charge is -2.45. The van der Waals surface area contributed by atoms with Crippen LogP contribution in [-0.4, -0.2) is 54.6 Å². The van der Waals surface area contributed by atoms with Crippen molar-refractivity contribution >= 4 is 26.2 Å². The fourth-order valence-corrected chi connectivity index (χ4v) is 11.7. The zero-order valence-corrected chi connectivity index (χ0v) is 17.4. The van der Waals surface area contributed by atoms with Crippen LogP contribution in [0.5, 0.6) is 0 Å². The van der Waals surface area contributed by atoms with E-state index in [0.29, 0.717) is 0 Å². The molecule has 0 saturated carbocycles. The second kappa shape index (κ2) is 7.11.